The fourth-order valence-electron chi connectivity index (χ4n) is 0.716. The van der Waals surface area contributed by atoms with Crippen molar-refractivity contribution in [2.45, 2.75) is 6.23 Å². The van der Waals surface area contributed by atoms with Gasteiger partial charge in [0.15, 0.2) is 12.2 Å². The summed E-state index contributed by atoms with van der Waals surface area (Å²) in [6.45, 7) is 1.62. The molecule has 1 aliphatic rings. The Hall–Kier alpha value is -0.810. The van der Waals surface area contributed by atoms with Crippen molar-refractivity contribution in [3.8, 4) is 0 Å². The summed E-state index contributed by atoms with van der Waals surface area (Å²) in [6, 6.07) is 0. The largest absolute Gasteiger partial charge is 0.374 e. The fourth-order valence-corrected chi connectivity index (χ4v) is 0.716. The molecule has 1 aliphatic heterocycles. The van der Waals surface area contributed by atoms with Gasteiger partial charge in [-0.25, -0.2) is 4.99 Å². The lowest BCUT2D eigenvalue weighted by Crippen LogP contribution is -2.32. The third-order valence-corrected chi connectivity index (χ3v) is 1.09. The van der Waals surface area contributed by atoms with Crippen LogP contribution in [0.25, 0.3) is 0 Å². The quantitative estimate of drug-likeness (QED) is 0.352. The Labute approximate surface area is 59.0 Å². The molecule has 0 aliphatic carbocycles. The van der Waals surface area contributed by atoms with E-state index in [0.29, 0.717) is 19.8 Å². The molecular weight excluding hydrogens is 134 g/mol. The maximum atomic E-state index is 5.12. The first-order valence-corrected chi connectivity index (χ1v) is 3.07. The molecule has 0 aromatic heterocycles. The molecule has 1 unspecified atom stereocenters. The summed E-state index contributed by atoms with van der Waals surface area (Å²) in [5.41, 5.74) is 10.2. The Morgan fingerprint density at radius 3 is 2.70 bits per heavy atom. The maximum Gasteiger partial charge on any atom is 0.188 e. The molecule has 0 aromatic carbocycles. The normalized spacial score (nSPS) is 25.8. The van der Waals surface area contributed by atoms with Gasteiger partial charge in [0, 0.05) is 0 Å². The van der Waals surface area contributed by atoms with Crippen molar-refractivity contribution >= 4 is 5.96 Å². The SMILES string of the molecule is NC(N)=NC1COCCO1. The van der Waals surface area contributed by atoms with E-state index in [9.17, 15) is 0 Å². The molecule has 0 saturated carbocycles. The monoisotopic (exact) mass is 145 g/mol. The predicted molar refractivity (Wildman–Crippen MR) is 36.4 cm³/mol. The first-order chi connectivity index (χ1) is 4.79. The fraction of sp³-hybridized carbons (Fsp3) is 0.800. The number of aliphatic imine (C=N–C) groups is 1. The van der Waals surface area contributed by atoms with Gasteiger partial charge >= 0.3 is 0 Å². The van der Waals surface area contributed by atoms with Crippen molar-refractivity contribution in [2.75, 3.05) is 19.8 Å². The van der Waals surface area contributed by atoms with Crippen molar-refractivity contribution in [3.63, 3.8) is 0 Å². The lowest BCUT2D eigenvalue weighted by Gasteiger charge is -2.19. The number of hydrogen-bond donors (Lipinski definition) is 2. The van der Waals surface area contributed by atoms with Crippen molar-refractivity contribution < 1.29 is 9.47 Å². The minimum atomic E-state index is -0.307. The van der Waals surface area contributed by atoms with E-state index in [-0.39, 0.29) is 12.2 Å². The van der Waals surface area contributed by atoms with Gasteiger partial charge in [-0.3, -0.25) is 0 Å². The van der Waals surface area contributed by atoms with Crippen LogP contribution in [-0.2, 0) is 9.47 Å². The zero-order chi connectivity index (χ0) is 7.40. The van der Waals surface area contributed by atoms with Crippen LogP contribution in [0.5, 0.6) is 0 Å². The lowest BCUT2D eigenvalue weighted by atomic mass is 10.5. The predicted octanol–water partition coefficient (Wildman–Crippen LogP) is -1.37. The van der Waals surface area contributed by atoms with Gasteiger partial charge in [-0.1, -0.05) is 0 Å². The van der Waals surface area contributed by atoms with Crippen LogP contribution in [0.15, 0.2) is 4.99 Å². The average molecular weight is 145 g/mol. The lowest BCUT2D eigenvalue weighted by molar-refractivity contribution is -0.0838. The molecule has 0 bridgehead atoms. The van der Waals surface area contributed by atoms with Crippen LogP contribution in [0.4, 0.5) is 0 Å². The first kappa shape index (κ1) is 7.30. The highest BCUT2D eigenvalue weighted by molar-refractivity contribution is 5.75. The standard InChI is InChI=1S/C5H11N3O2/c6-5(7)8-4-3-9-1-2-10-4/h4H,1-3H2,(H4,6,7,8). The van der Waals surface area contributed by atoms with E-state index < -0.39 is 0 Å². The maximum absolute atomic E-state index is 5.12. The zero-order valence-corrected chi connectivity index (χ0v) is 5.62. The molecule has 1 saturated heterocycles. The van der Waals surface area contributed by atoms with Gasteiger partial charge in [0.1, 0.15) is 0 Å². The van der Waals surface area contributed by atoms with Gasteiger partial charge in [-0.2, -0.15) is 0 Å². The Balaban J connectivity index is 2.33. The van der Waals surface area contributed by atoms with Crippen LogP contribution < -0.4 is 11.5 Å². The summed E-state index contributed by atoms with van der Waals surface area (Å²) in [7, 11) is 0. The minimum Gasteiger partial charge on any atom is -0.374 e. The first-order valence-electron chi connectivity index (χ1n) is 3.07. The molecule has 1 heterocycles. The highest BCUT2D eigenvalue weighted by Crippen LogP contribution is 2.00. The van der Waals surface area contributed by atoms with Gasteiger partial charge in [0.2, 0.25) is 0 Å². The van der Waals surface area contributed by atoms with Gasteiger partial charge in [0.05, 0.1) is 19.8 Å². The third-order valence-electron chi connectivity index (χ3n) is 1.09. The molecule has 4 N–H and O–H groups in total. The summed E-state index contributed by atoms with van der Waals surface area (Å²) < 4.78 is 10.2. The van der Waals surface area contributed by atoms with Gasteiger partial charge in [0.25, 0.3) is 0 Å². The van der Waals surface area contributed by atoms with E-state index in [4.69, 9.17) is 20.9 Å². The van der Waals surface area contributed by atoms with Crippen LogP contribution in [0.1, 0.15) is 0 Å². The van der Waals surface area contributed by atoms with Crippen LogP contribution in [0, 0.1) is 0 Å². The van der Waals surface area contributed by atoms with E-state index in [0.717, 1.165) is 0 Å². The van der Waals surface area contributed by atoms with Crippen molar-refractivity contribution in [1.29, 1.82) is 0 Å². The molecule has 1 fully saturated rings. The van der Waals surface area contributed by atoms with E-state index in [2.05, 4.69) is 4.99 Å². The van der Waals surface area contributed by atoms with Gasteiger partial charge in [-0.05, 0) is 0 Å². The van der Waals surface area contributed by atoms with Crippen LogP contribution in [-0.4, -0.2) is 32.0 Å². The van der Waals surface area contributed by atoms with Crippen LogP contribution in [0.3, 0.4) is 0 Å². The van der Waals surface area contributed by atoms with Crippen molar-refractivity contribution in [1.82, 2.24) is 0 Å². The smallest absolute Gasteiger partial charge is 0.188 e. The number of ether oxygens (including phenoxy) is 2. The summed E-state index contributed by atoms with van der Waals surface area (Å²) in [5.74, 6) is 0.0375. The van der Waals surface area contributed by atoms with Crippen LogP contribution >= 0.6 is 0 Å². The van der Waals surface area contributed by atoms with E-state index in [1.807, 2.05) is 0 Å². The second-order valence-corrected chi connectivity index (χ2v) is 1.95. The summed E-state index contributed by atoms with van der Waals surface area (Å²) in [5, 5.41) is 0. The molecule has 1 rings (SSSR count). The molecule has 58 valence electrons. The Morgan fingerprint density at radius 2 is 2.20 bits per heavy atom. The van der Waals surface area contributed by atoms with Crippen LogP contribution in [0.2, 0.25) is 0 Å². The number of nitrogens with two attached hydrogens (primary N) is 2. The molecule has 0 radical (unpaired) electrons. The molecular formula is C5H11N3O2. The Kier molecular flexibility index (Phi) is 2.47. The molecule has 0 amide bonds. The van der Waals surface area contributed by atoms with E-state index in [1.54, 1.807) is 0 Å². The molecule has 5 heteroatoms. The average Bonchev–Trinajstić information content (AvgIpc) is 1.88. The highest BCUT2D eigenvalue weighted by atomic mass is 16.6. The zero-order valence-electron chi connectivity index (χ0n) is 5.62. The van der Waals surface area contributed by atoms with Gasteiger partial charge < -0.3 is 20.9 Å². The van der Waals surface area contributed by atoms with Crippen molar-refractivity contribution in [3.05, 3.63) is 0 Å². The summed E-state index contributed by atoms with van der Waals surface area (Å²) in [6.07, 6.45) is -0.307. The molecule has 0 aromatic rings. The van der Waals surface area contributed by atoms with E-state index in [1.165, 1.54) is 0 Å². The second kappa shape index (κ2) is 3.38. The van der Waals surface area contributed by atoms with E-state index >= 15 is 0 Å². The van der Waals surface area contributed by atoms with Gasteiger partial charge in [-0.15, -0.1) is 0 Å². The number of hydrogen-bond acceptors (Lipinski definition) is 3. The summed E-state index contributed by atoms with van der Waals surface area (Å²) in [4.78, 5) is 3.76. The second-order valence-electron chi connectivity index (χ2n) is 1.95. The third kappa shape index (κ3) is 2.20. The Morgan fingerprint density at radius 1 is 1.40 bits per heavy atom. The van der Waals surface area contributed by atoms with Crippen molar-refractivity contribution in [2.24, 2.45) is 16.5 Å². The molecule has 1 atom stereocenters. The topological polar surface area (TPSA) is 82.9 Å². The number of guanidine groups is 1. The molecule has 5 nitrogen and oxygen atoms in total. The molecule has 10 heavy (non-hydrogen) atoms. The minimum absolute atomic E-state index is 0.0375. The Bertz CT molecular complexity index is 127. The number of nitrogens with zero attached hydrogens (tertiary/aromatic N) is 1. The highest BCUT2D eigenvalue weighted by Gasteiger charge is 2.11. The molecule has 0 spiro atoms. The number of rotatable bonds is 1. The summed E-state index contributed by atoms with van der Waals surface area (Å²) >= 11 is 0.